The highest BCUT2D eigenvalue weighted by molar-refractivity contribution is 7.99. The fourth-order valence-electron chi connectivity index (χ4n) is 2.84. The maximum Gasteiger partial charge on any atom is 0.174 e. The third-order valence-electron chi connectivity index (χ3n) is 3.97. The molecule has 0 spiro atoms. The molecule has 1 aromatic heterocycles. The average molecular weight is 328 g/mol. The van der Waals surface area contributed by atoms with E-state index in [2.05, 4.69) is 23.8 Å². The zero-order chi connectivity index (χ0) is 15.6. The van der Waals surface area contributed by atoms with Crippen molar-refractivity contribution in [3.63, 3.8) is 0 Å². The Morgan fingerprint density at radius 1 is 1.48 bits per heavy atom. The number of thiophene rings is 1. The van der Waals surface area contributed by atoms with Gasteiger partial charge >= 0.3 is 0 Å². The first-order chi connectivity index (χ1) is 9.99. The van der Waals surface area contributed by atoms with E-state index in [9.17, 15) is 4.79 Å². The van der Waals surface area contributed by atoms with Crippen LogP contribution in [0.5, 0.6) is 0 Å². The molecule has 2 N–H and O–H groups in total. The molecule has 4 nitrogen and oxygen atoms in total. The van der Waals surface area contributed by atoms with Crippen LogP contribution in [-0.4, -0.2) is 49.7 Å². The number of nitrogen functional groups attached to an aromatic ring is 1. The summed E-state index contributed by atoms with van der Waals surface area (Å²) in [5.74, 6) is 0.152. The molecule has 2 heterocycles. The number of carbonyl (C=O) groups excluding carboxylic acids is 1. The third kappa shape index (κ3) is 3.38. The summed E-state index contributed by atoms with van der Waals surface area (Å²) in [4.78, 5) is 18.7. The van der Waals surface area contributed by atoms with Crippen LogP contribution in [0.15, 0.2) is 4.90 Å². The van der Waals surface area contributed by atoms with Crippen LogP contribution < -0.4 is 10.6 Å². The maximum absolute atomic E-state index is 12.1. The first-order valence-electron chi connectivity index (χ1n) is 7.44. The molecular formula is C15H25N3OS2. The van der Waals surface area contributed by atoms with Crippen molar-refractivity contribution in [2.24, 2.45) is 0 Å². The Bertz CT molecular complexity index is 515. The molecule has 1 aliphatic rings. The zero-order valence-electron chi connectivity index (χ0n) is 13.3. The fourth-order valence-corrected chi connectivity index (χ4v) is 5.15. The van der Waals surface area contributed by atoms with Gasteiger partial charge in [-0.25, -0.2) is 0 Å². The second-order valence-electron chi connectivity index (χ2n) is 5.62. The lowest BCUT2D eigenvalue weighted by Gasteiger charge is -2.29. The van der Waals surface area contributed by atoms with Gasteiger partial charge in [-0.2, -0.15) is 0 Å². The second kappa shape index (κ2) is 7.03. The quantitative estimate of drug-likeness (QED) is 0.680. The summed E-state index contributed by atoms with van der Waals surface area (Å²) >= 11 is 3.23. The second-order valence-corrected chi connectivity index (χ2v) is 7.43. The summed E-state index contributed by atoms with van der Waals surface area (Å²) in [7, 11) is 2.17. The number of hydrogen-bond acceptors (Lipinski definition) is 6. The molecule has 0 saturated carbocycles. The van der Waals surface area contributed by atoms with Crippen molar-refractivity contribution in [1.82, 2.24) is 4.90 Å². The predicted octanol–water partition coefficient (Wildman–Crippen LogP) is 3.18. The van der Waals surface area contributed by atoms with Gasteiger partial charge in [0.1, 0.15) is 5.00 Å². The number of anilines is 2. The van der Waals surface area contributed by atoms with Crippen molar-refractivity contribution < 1.29 is 4.79 Å². The number of carbonyl (C=O) groups is 1. The van der Waals surface area contributed by atoms with Gasteiger partial charge in [-0.05, 0) is 33.2 Å². The molecule has 1 aliphatic heterocycles. The minimum atomic E-state index is 0.152. The van der Waals surface area contributed by atoms with E-state index in [0.717, 1.165) is 35.8 Å². The number of nitrogens with two attached hydrogens (primary N) is 1. The molecule has 1 fully saturated rings. The van der Waals surface area contributed by atoms with Crippen LogP contribution in [0.1, 0.15) is 36.4 Å². The predicted molar refractivity (Wildman–Crippen MR) is 94.1 cm³/mol. The van der Waals surface area contributed by atoms with E-state index in [4.69, 9.17) is 5.73 Å². The van der Waals surface area contributed by atoms with E-state index in [1.165, 1.54) is 5.00 Å². The number of ketones is 1. The van der Waals surface area contributed by atoms with E-state index < -0.39 is 0 Å². The number of thioether (sulfide) groups is 1. The molecule has 0 aliphatic carbocycles. The number of Topliss-reactive ketones (excluding diaryl/α,β-unsaturated/α-hetero) is 1. The topological polar surface area (TPSA) is 49.6 Å². The van der Waals surface area contributed by atoms with Crippen LogP contribution in [0.4, 0.5) is 10.7 Å². The Morgan fingerprint density at radius 2 is 2.19 bits per heavy atom. The molecule has 2 rings (SSSR count). The van der Waals surface area contributed by atoms with E-state index in [1.54, 1.807) is 23.1 Å². The molecule has 0 amide bonds. The largest absolute Gasteiger partial charge is 0.396 e. The normalized spacial score (nSPS) is 20.6. The number of likely N-dealkylation sites (N-methyl/N-ethyl adjacent to an activating group) is 1. The standard InChI is InChI=1S/C15H25N3OS2/c1-5-11(19)13-12(16)14(20-4)15(21-13)18-8-6-7-17(3)9-10(18)2/h10H,5-9,16H2,1-4H3. The molecular weight excluding hydrogens is 302 g/mol. The molecule has 0 bridgehead atoms. The molecule has 118 valence electrons. The Balaban J connectivity index is 2.40. The van der Waals surface area contributed by atoms with Crippen LogP contribution in [0, 0.1) is 0 Å². The van der Waals surface area contributed by atoms with Crippen molar-refractivity contribution >= 4 is 39.6 Å². The number of nitrogens with zero attached hydrogens (tertiary/aromatic N) is 2. The zero-order valence-corrected chi connectivity index (χ0v) is 14.9. The summed E-state index contributed by atoms with van der Waals surface area (Å²) in [6, 6.07) is 0.436. The molecule has 0 radical (unpaired) electrons. The van der Waals surface area contributed by atoms with Crippen molar-refractivity contribution in [3.8, 4) is 0 Å². The van der Waals surface area contributed by atoms with Gasteiger partial charge in [0, 0.05) is 25.6 Å². The smallest absolute Gasteiger partial charge is 0.174 e. The SMILES string of the molecule is CCC(=O)c1sc(N2CCCN(C)CC2C)c(SC)c1N. The highest BCUT2D eigenvalue weighted by Crippen LogP contribution is 2.45. The third-order valence-corrected chi connectivity index (χ3v) is 6.20. The Hall–Kier alpha value is -0.720. The van der Waals surface area contributed by atoms with Crippen LogP contribution in [0.25, 0.3) is 0 Å². The average Bonchev–Trinajstić information content (AvgIpc) is 2.68. The molecule has 1 aromatic rings. The molecule has 1 saturated heterocycles. The van der Waals surface area contributed by atoms with E-state index in [-0.39, 0.29) is 5.78 Å². The summed E-state index contributed by atoms with van der Waals surface area (Å²) in [6.45, 7) is 7.34. The van der Waals surface area contributed by atoms with Gasteiger partial charge in [0.15, 0.2) is 5.78 Å². The monoisotopic (exact) mass is 327 g/mol. The van der Waals surface area contributed by atoms with E-state index in [1.807, 2.05) is 13.2 Å². The van der Waals surface area contributed by atoms with Gasteiger partial charge < -0.3 is 15.5 Å². The minimum absolute atomic E-state index is 0.152. The Morgan fingerprint density at radius 3 is 2.81 bits per heavy atom. The van der Waals surface area contributed by atoms with Crippen molar-refractivity contribution in [2.45, 2.75) is 37.6 Å². The number of hydrogen-bond donors (Lipinski definition) is 1. The van der Waals surface area contributed by atoms with Crippen molar-refractivity contribution in [2.75, 3.05) is 43.6 Å². The van der Waals surface area contributed by atoms with Crippen LogP contribution in [-0.2, 0) is 0 Å². The lowest BCUT2D eigenvalue weighted by atomic mass is 10.2. The summed E-state index contributed by atoms with van der Waals surface area (Å²) in [6.07, 6.45) is 3.69. The Labute approximate surface area is 135 Å². The summed E-state index contributed by atoms with van der Waals surface area (Å²) in [5.41, 5.74) is 6.92. The van der Waals surface area contributed by atoms with Crippen LogP contribution >= 0.6 is 23.1 Å². The summed E-state index contributed by atoms with van der Waals surface area (Å²) in [5, 5.41) is 1.18. The van der Waals surface area contributed by atoms with E-state index in [0.29, 0.717) is 18.2 Å². The van der Waals surface area contributed by atoms with E-state index >= 15 is 0 Å². The van der Waals surface area contributed by atoms with Gasteiger partial charge in [-0.15, -0.1) is 23.1 Å². The summed E-state index contributed by atoms with van der Waals surface area (Å²) < 4.78 is 0. The first-order valence-corrected chi connectivity index (χ1v) is 9.48. The first kappa shape index (κ1) is 16.6. The lowest BCUT2D eigenvalue weighted by Crippen LogP contribution is -2.37. The maximum atomic E-state index is 12.1. The van der Waals surface area contributed by atoms with Gasteiger partial charge in [0.25, 0.3) is 0 Å². The number of rotatable bonds is 4. The van der Waals surface area contributed by atoms with Gasteiger partial charge in [0.05, 0.1) is 15.5 Å². The minimum Gasteiger partial charge on any atom is -0.396 e. The molecule has 21 heavy (non-hydrogen) atoms. The fraction of sp³-hybridized carbons (Fsp3) is 0.667. The van der Waals surface area contributed by atoms with Gasteiger partial charge in [0.2, 0.25) is 0 Å². The Kier molecular flexibility index (Phi) is 5.57. The lowest BCUT2D eigenvalue weighted by molar-refractivity contribution is 0.0992. The van der Waals surface area contributed by atoms with Crippen molar-refractivity contribution in [3.05, 3.63) is 4.88 Å². The highest BCUT2D eigenvalue weighted by atomic mass is 32.2. The molecule has 6 heteroatoms. The molecule has 0 aromatic carbocycles. The highest BCUT2D eigenvalue weighted by Gasteiger charge is 2.27. The van der Waals surface area contributed by atoms with Gasteiger partial charge in [-0.3, -0.25) is 4.79 Å². The van der Waals surface area contributed by atoms with Crippen molar-refractivity contribution in [1.29, 1.82) is 0 Å². The molecule has 1 atom stereocenters. The van der Waals surface area contributed by atoms with Crippen LogP contribution in [0.2, 0.25) is 0 Å². The molecule has 1 unspecified atom stereocenters. The van der Waals surface area contributed by atoms with Gasteiger partial charge in [-0.1, -0.05) is 6.92 Å². The van der Waals surface area contributed by atoms with Crippen LogP contribution in [0.3, 0.4) is 0 Å².